The second-order valence-corrected chi connectivity index (χ2v) is 3.97. The Bertz CT molecular complexity index is 265. The van der Waals surface area contributed by atoms with Crippen LogP contribution in [-0.2, 0) is 14.3 Å². The number of ether oxygens (including phenoxy) is 2. The van der Waals surface area contributed by atoms with Crippen LogP contribution in [-0.4, -0.2) is 36.1 Å². The Morgan fingerprint density at radius 1 is 1.73 bits per heavy atom. The van der Waals surface area contributed by atoms with Gasteiger partial charge in [-0.1, -0.05) is 13.8 Å². The van der Waals surface area contributed by atoms with E-state index in [4.69, 9.17) is 14.6 Å². The van der Waals surface area contributed by atoms with Crippen LogP contribution in [0.25, 0.3) is 0 Å². The number of nitrogens with one attached hydrogen (secondary N) is 1. The summed E-state index contributed by atoms with van der Waals surface area (Å²) < 4.78 is 10.1. The molecule has 0 aromatic rings. The van der Waals surface area contributed by atoms with Crippen LogP contribution in [0.3, 0.4) is 0 Å². The van der Waals surface area contributed by atoms with Gasteiger partial charge in [-0.05, 0) is 5.92 Å². The highest BCUT2D eigenvalue weighted by molar-refractivity contribution is 5.75. The smallest absolute Gasteiger partial charge is 0.407 e. The fourth-order valence-electron chi connectivity index (χ4n) is 1.26. The first-order chi connectivity index (χ1) is 6.93. The zero-order chi connectivity index (χ0) is 11.5. The van der Waals surface area contributed by atoms with Gasteiger partial charge in [-0.2, -0.15) is 0 Å². The third-order valence-electron chi connectivity index (χ3n) is 1.92. The van der Waals surface area contributed by atoms with E-state index in [-0.39, 0.29) is 18.9 Å². The minimum Gasteiger partial charge on any atom is -0.465 e. The molecule has 1 aliphatic rings. The molecule has 1 atom stereocenters. The van der Waals surface area contributed by atoms with E-state index in [1.165, 1.54) is 0 Å². The largest absolute Gasteiger partial charge is 0.465 e. The number of carbonyl (C=O) groups is 2. The van der Waals surface area contributed by atoms with Crippen LogP contribution >= 0.6 is 0 Å². The third-order valence-corrected chi connectivity index (χ3v) is 1.92. The van der Waals surface area contributed by atoms with Crippen molar-refractivity contribution in [3.63, 3.8) is 0 Å². The molecule has 0 radical (unpaired) electrons. The highest BCUT2D eigenvalue weighted by Crippen LogP contribution is 2.22. The van der Waals surface area contributed by atoms with Crippen LogP contribution in [0.2, 0.25) is 0 Å². The summed E-state index contributed by atoms with van der Waals surface area (Å²) in [5.74, 6) is -0.194. The zero-order valence-corrected chi connectivity index (χ0v) is 8.78. The Morgan fingerprint density at radius 2 is 2.40 bits per heavy atom. The molecule has 86 valence electrons. The third kappa shape index (κ3) is 3.39. The molecule has 0 spiro atoms. The van der Waals surface area contributed by atoms with Crippen molar-refractivity contribution in [3.05, 3.63) is 0 Å². The molecule has 2 N–H and O–H groups in total. The van der Waals surface area contributed by atoms with Gasteiger partial charge in [-0.3, -0.25) is 10.1 Å². The molecule has 1 saturated heterocycles. The molecule has 6 heteroatoms. The van der Waals surface area contributed by atoms with E-state index < -0.39 is 17.8 Å². The van der Waals surface area contributed by atoms with E-state index in [1.807, 2.05) is 13.8 Å². The van der Waals surface area contributed by atoms with Crippen LogP contribution in [0.5, 0.6) is 0 Å². The van der Waals surface area contributed by atoms with Crippen molar-refractivity contribution in [2.24, 2.45) is 5.92 Å². The van der Waals surface area contributed by atoms with E-state index in [2.05, 4.69) is 5.32 Å². The predicted octanol–water partition coefficient (Wildman–Crippen LogP) is 0.570. The first kappa shape index (κ1) is 11.8. The number of carboxylic acid groups (broad SMARTS) is 1. The molecule has 0 aliphatic carbocycles. The fraction of sp³-hybridized carbons (Fsp3) is 0.778. The number of cyclic esters (lactones) is 1. The molecule has 1 heterocycles. The van der Waals surface area contributed by atoms with Crippen LogP contribution in [0, 0.1) is 5.92 Å². The lowest BCUT2D eigenvalue weighted by molar-refractivity contribution is -0.138. The lowest BCUT2D eigenvalue weighted by Gasteiger charge is -2.26. The normalized spacial score (nSPS) is 25.4. The van der Waals surface area contributed by atoms with Gasteiger partial charge in [0, 0.05) is 0 Å². The number of carbonyl (C=O) groups excluding carboxylic acids is 1. The number of esters is 1. The van der Waals surface area contributed by atoms with Crippen LogP contribution < -0.4 is 5.32 Å². The van der Waals surface area contributed by atoms with Crippen molar-refractivity contribution in [2.45, 2.75) is 26.0 Å². The number of rotatable bonds is 4. The summed E-state index contributed by atoms with van der Waals surface area (Å²) in [5.41, 5.74) is -1.20. The van der Waals surface area contributed by atoms with Gasteiger partial charge in [0.1, 0.15) is 6.61 Å². The molecule has 1 amide bonds. The van der Waals surface area contributed by atoms with Gasteiger partial charge < -0.3 is 14.6 Å². The maximum absolute atomic E-state index is 10.9. The van der Waals surface area contributed by atoms with Gasteiger partial charge in [0.2, 0.25) is 0 Å². The molecule has 1 unspecified atom stereocenters. The van der Waals surface area contributed by atoms with Crippen molar-refractivity contribution in [1.82, 2.24) is 5.32 Å². The second-order valence-electron chi connectivity index (χ2n) is 3.97. The summed E-state index contributed by atoms with van der Waals surface area (Å²) in [6.07, 6.45) is -1.30. The van der Waals surface area contributed by atoms with E-state index >= 15 is 0 Å². The number of hydrogen-bond acceptors (Lipinski definition) is 4. The Kier molecular flexibility index (Phi) is 3.52. The molecule has 0 aromatic carbocycles. The molecule has 0 saturated carbocycles. The van der Waals surface area contributed by atoms with Gasteiger partial charge in [0.15, 0.2) is 5.72 Å². The first-order valence-electron chi connectivity index (χ1n) is 4.74. The van der Waals surface area contributed by atoms with Crippen molar-refractivity contribution in [3.8, 4) is 0 Å². The van der Waals surface area contributed by atoms with Crippen molar-refractivity contribution >= 4 is 12.1 Å². The molecule has 1 rings (SSSR count). The van der Waals surface area contributed by atoms with E-state index in [0.29, 0.717) is 6.61 Å². The van der Waals surface area contributed by atoms with Crippen LogP contribution in [0.4, 0.5) is 4.79 Å². The van der Waals surface area contributed by atoms with Gasteiger partial charge in [-0.25, -0.2) is 4.79 Å². The Hall–Kier alpha value is -1.30. The minimum atomic E-state index is -1.22. The van der Waals surface area contributed by atoms with Gasteiger partial charge in [0.05, 0.1) is 13.0 Å². The van der Waals surface area contributed by atoms with Gasteiger partial charge >= 0.3 is 12.1 Å². The SMILES string of the molecule is CC(C)COC1(NC(=O)O)COC(=O)C1. The lowest BCUT2D eigenvalue weighted by atomic mass is 10.2. The summed E-state index contributed by atoms with van der Waals surface area (Å²) in [6, 6.07) is 0. The quantitative estimate of drug-likeness (QED) is 0.531. The molecule has 0 aromatic heterocycles. The minimum absolute atomic E-state index is 0.0646. The zero-order valence-electron chi connectivity index (χ0n) is 8.78. The average Bonchev–Trinajstić information content (AvgIpc) is 2.44. The summed E-state index contributed by atoms with van der Waals surface area (Å²) in [7, 11) is 0. The summed E-state index contributed by atoms with van der Waals surface area (Å²) in [4.78, 5) is 21.5. The second kappa shape index (κ2) is 4.48. The Balaban J connectivity index is 2.60. The molecular weight excluding hydrogens is 202 g/mol. The summed E-state index contributed by atoms with van der Waals surface area (Å²) in [6.45, 7) is 4.18. The van der Waals surface area contributed by atoms with E-state index in [9.17, 15) is 9.59 Å². The molecule has 1 fully saturated rings. The summed E-state index contributed by atoms with van der Waals surface area (Å²) >= 11 is 0. The molecule has 1 aliphatic heterocycles. The maximum Gasteiger partial charge on any atom is 0.407 e. The van der Waals surface area contributed by atoms with Crippen molar-refractivity contribution in [1.29, 1.82) is 0 Å². The standard InChI is InChI=1S/C9H15NO5/c1-6(2)4-15-9(10-8(12)13)3-7(11)14-5-9/h6,10H,3-5H2,1-2H3,(H,12,13). The van der Waals surface area contributed by atoms with Crippen LogP contribution in [0.15, 0.2) is 0 Å². The van der Waals surface area contributed by atoms with Crippen molar-refractivity contribution < 1.29 is 24.2 Å². The monoisotopic (exact) mass is 217 g/mol. The first-order valence-corrected chi connectivity index (χ1v) is 4.74. The highest BCUT2D eigenvalue weighted by atomic mass is 16.6. The van der Waals surface area contributed by atoms with Crippen LogP contribution in [0.1, 0.15) is 20.3 Å². The van der Waals surface area contributed by atoms with Gasteiger partial charge in [-0.15, -0.1) is 0 Å². The van der Waals surface area contributed by atoms with Crippen molar-refractivity contribution in [2.75, 3.05) is 13.2 Å². The maximum atomic E-state index is 10.9. The molecular formula is C9H15NO5. The number of hydrogen-bond donors (Lipinski definition) is 2. The predicted molar refractivity (Wildman–Crippen MR) is 50.3 cm³/mol. The van der Waals surface area contributed by atoms with E-state index in [1.54, 1.807) is 0 Å². The van der Waals surface area contributed by atoms with E-state index in [0.717, 1.165) is 0 Å². The number of amides is 1. The average molecular weight is 217 g/mol. The lowest BCUT2D eigenvalue weighted by Crippen LogP contribution is -2.51. The summed E-state index contributed by atoms with van der Waals surface area (Å²) in [5, 5.41) is 10.8. The highest BCUT2D eigenvalue weighted by Gasteiger charge is 2.43. The molecule has 0 bridgehead atoms. The Morgan fingerprint density at radius 3 is 2.80 bits per heavy atom. The topological polar surface area (TPSA) is 84.9 Å². The van der Waals surface area contributed by atoms with Gasteiger partial charge in [0.25, 0.3) is 0 Å². The molecule has 15 heavy (non-hydrogen) atoms. The fourth-order valence-corrected chi connectivity index (χ4v) is 1.26. The molecule has 6 nitrogen and oxygen atoms in total. The Labute approximate surface area is 87.5 Å².